The average Bonchev–Trinajstić information content (AvgIpc) is 2.93. The molecule has 0 aliphatic rings. The van der Waals surface area contributed by atoms with Crippen LogP contribution in [0.4, 0.5) is 11.4 Å². The topological polar surface area (TPSA) is 53.0 Å². The Morgan fingerprint density at radius 2 is 1.11 bits per heavy atom. The molecule has 2 heterocycles. The summed E-state index contributed by atoms with van der Waals surface area (Å²) in [6.07, 6.45) is 15.3. The lowest BCUT2D eigenvalue weighted by Gasteiger charge is -2.23. The minimum Gasteiger partial charge on any atom is -0.490 e. The average molecular weight is 483 g/mol. The molecule has 0 spiro atoms. The lowest BCUT2D eigenvalue weighted by molar-refractivity contribution is 0.261. The van der Waals surface area contributed by atoms with Crippen molar-refractivity contribution in [1.82, 2.24) is 9.97 Å². The lowest BCUT2D eigenvalue weighted by atomic mass is 9.95. The standard InChI is InChI=1S/C30H34N4O2/c1-5-7-9-11-19-35-29-25(23-15-13-17-33-21-23)27(31-3)28(32-4)26(24-16-14-18-34-22-24)30(29)36-20-12-10-8-6-2/h13-18,21-22H,5-12,19-20H2,1-2H3. The van der Waals surface area contributed by atoms with E-state index in [1.165, 1.54) is 0 Å². The van der Waals surface area contributed by atoms with E-state index in [1.807, 2.05) is 24.3 Å². The summed E-state index contributed by atoms with van der Waals surface area (Å²) in [5.74, 6) is 1.01. The largest absolute Gasteiger partial charge is 0.490 e. The maximum absolute atomic E-state index is 8.04. The third-order valence-corrected chi connectivity index (χ3v) is 5.97. The number of hydrogen-bond donors (Lipinski definition) is 0. The van der Waals surface area contributed by atoms with Crippen LogP contribution >= 0.6 is 0 Å². The Morgan fingerprint density at radius 1 is 0.667 bits per heavy atom. The van der Waals surface area contributed by atoms with Gasteiger partial charge in [0.05, 0.1) is 26.4 Å². The van der Waals surface area contributed by atoms with Crippen molar-refractivity contribution in [3.8, 4) is 33.8 Å². The first-order valence-electron chi connectivity index (χ1n) is 12.8. The van der Waals surface area contributed by atoms with Gasteiger partial charge in [0.25, 0.3) is 0 Å². The molecule has 0 N–H and O–H groups in total. The van der Waals surface area contributed by atoms with E-state index in [0.717, 1.165) is 62.5 Å². The number of unbranched alkanes of at least 4 members (excludes halogenated alkanes) is 6. The Hall–Kier alpha value is -3.90. The molecular weight excluding hydrogens is 448 g/mol. The van der Waals surface area contributed by atoms with Crippen molar-refractivity contribution in [2.45, 2.75) is 65.2 Å². The predicted molar refractivity (Wildman–Crippen MR) is 145 cm³/mol. The highest BCUT2D eigenvalue weighted by molar-refractivity contribution is 6.03. The third-order valence-electron chi connectivity index (χ3n) is 5.97. The summed E-state index contributed by atoms with van der Waals surface area (Å²) in [4.78, 5) is 16.2. The zero-order valence-corrected chi connectivity index (χ0v) is 21.3. The quantitative estimate of drug-likeness (QED) is 0.170. The smallest absolute Gasteiger partial charge is 0.206 e. The van der Waals surface area contributed by atoms with Gasteiger partial charge in [0, 0.05) is 35.9 Å². The molecule has 2 aromatic heterocycles. The molecule has 3 aromatic rings. The number of rotatable bonds is 14. The van der Waals surface area contributed by atoms with E-state index in [2.05, 4.69) is 33.5 Å². The van der Waals surface area contributed by atoms with Crippen LogP contribution in [0.3, 0.4) is 0 Å². The number of benzene rings is 1. The van der Waals surface area contributed by atoms with Crippen LogP contribution in [0.5, 0.6) is 11.5 Å². The fourth-order valence-electron chi connectivity index (χ4n) is 4.14. The van der Waals surface area contributed by atoms with Crippen LogP contribution in [0.2, 0.25) is 0 Å². The van der Waals surface area contributed by atoms with Gasteiger partial charge in [0.1, 0.15) is 0 Å². The van der Waals surface area contributed by atoms with E-state index in [-0.39, 0.29) is 11.4 Å². The van der Waals surface area contributed by atoms with E-state index < -0.39 is 0 Å². The first-order chi connectivity index (χ1) is 17.8. The fourth-order valence-corrected chi connectivity index (χ4v) is 4.14. The van der Waals surface area contributed by atoms with Crippen LogP contribution in [0.25, 0.3) is 31.9 Å². The lowest BCUT2D eigenvalue weighted by Crippen LogP contribution is -2.06. The second kappa shape index (κ2) is 14.5. The summed E-state index contributed by atoms with van der Waals surface area (Å²) in [7, 11) is 0. The van der Waals surface area contributed by atoms with Crippen molar-refractivity contribution < 1.29 is 9.47 Å². The number of ether oxygens (including phenoxy) is 2. The first-order valence-corrected chi connectivity index (χ1v) is 12.8. The molecule has 0 saturated carbocycles. The predicted octanol–water partition coefficient (Wildman–Crippen LogP) is 8.83. The van der Waals surface area contributed by atoms with Gasteiger partial charge in [-0.3, -0.25) is 9.97 Å². The summed E-state index contributed by atoms with van der Waals surface area (Å²) in [5, 5.41) is 0. The maximum atomic E-state index is 8.04. The van der Waals surface area contributed by atoms with Crippen molar-refractivity contribution in [3.63, 3.8) is 0 Å². The summed E-state index contributed by atoms with van der Waals surface area (Å²) < 4.78 is 12.9. The minimum atomic E-state index is 0.249. The van der Waals surface area contributed by atoms with Gasteiger partial charge in [-0.2, -0.15) is 0 Å². The molecule has 0 bridgehead atoms. The van der Waals surface area contributed by atoms with E-state index in [1.54, 1.807) is 24.8 Å². The van der Waals surface area contributed by atoms with E-state index in [4.69, 9.17) is 22.6 Å². The van der Waals surface area contributed by atoms with Crippen LogP contribution in [-0.2, 0) is 0 Å². The molecule has 6 nitrogen and oxygen atoms in total. The molecule has 186 valence electrons. The Bertz CT molecular complexity index is 1090. The van der Waals surface area contributed by atoms with Crippen LogP contribution in [0, 0.1) is 13.1 Å². The van der Waals surface area contributed by atoms with Gasteiger partial charge < -0.3 is 9.47 Å². The Labute approximate surface area is 215 Å². The van der Waals surface area contributed by atoms with Crippen molar-refractivity contribution >= 4 is 11.4 Å². The normalized spacial score (nSPS) is 10.4. The highest BCUT2D eigenvalue weighted by Gasteiger charge is 2.29. The Balaban J connectivity index is 2.23. The monoisotopic (exact) mass is 482 g/mol. The number of pyridine rings is 2. The molecule has 36 heavy (non-hydrogen) atoms. The molecule has 1 aromatic carbocycles. The minimum absolute atomic E-state index is 0.249. The fraction of sp³-hybridized carbons (Fsp3) is 0.400. The molecular formula is C30H34N4O2. The highest BCUT2D eigenvalue weighted by Crippen LogP contribution is 2.56. The number of nitrogens with zero attached hydrogens (tertiary/aromatic N) is 4. The van der Waals surface area contributed by atoms with Crippen LogP contribution in [0.1, 0.15) is 65.2 Å². The van der Waals surface area contributed by atoms with Gasteiger partial charge in [-0.05, 0) is 36.1 Å². The highest BCUT2D eigenvalue weighted by atomic mass is 16.5. The van der Waals surface area contributed by atoms with Crippen LogP contribution < -0.4 is 9.47 Å². The SMILES string of the molecule is [C-]#[N+]c1c([N+]#[C-])c(-c2cccnc2)c(OCCCCCC)c(OCCCCCC)c1-c1cccnc1. The van der Waals surface area contributed by atoms with Crippen molar-refractivity contribution in [3.05, 3.63) is 71.9 Å². The van der Waals surface area contributed by atoms with Gasteiger partial charge in [0.15, 0.2) is 11.5 Å². The molecule has 0 aliphatic heterocycles. The summed E-state index contributed by atoms with van der Waals surface area (Å²) in [6.45, 7) is 21.4. The third kappa shape index (κ3) is 6.61. The molecule has 0 radical (unpaired) electrons. The number of hydrogen-bond acceptors (Lipinski definition) is 4. The second-order valence-corrected chi connectivity index (χ2v) is 8.63. The summed E-state index contributed by atoms with van der Waals surface area (Å²) >= 11 is 0. The molecule has 6 heteroatoms. The molecule has 0 atom stereocenters. The van der Waals surface area contributed by atoms with E-state index >= 15 is 0 Å². The van der Waals surface area contributed by atoms with Gasteiger partial charge in [-0.15, -0.1) is 0 Å². The van der Waals surface area contributed by atoms with Gasteiger partial charge in [0.2, 0.25) is 11.4 Å². The van der Waals surface area contributed by atoms with Crippen molar-refractivity contribution in [1.29, 1.82) is 0 Å². The molecule has 0 fully saturated rings. The van der Waals surface area contributed by atoms with Gasteiger partial charge >= 0.3 is 0 Å². The molecule has 0 unspecified atom stereocenters. The van der Waals surface area contributed by atoms with Gasteiger partial charge in [-0.25, -0.2) is 9.69 Å². The Morgan fingerprint density at radius 3 is 1.44 bits per heavy atom. The number of aromatic nitrogens is 2. The molecule has 0 amide bonds. The van der Waals surface area contributed by atoms with Crippen LogP contribution in [0.15, 0.2) is 49.1 Å². The zero-order chi connectivity index (χ0) is 25.6. The summed E-state index contributed by atoms with van der Waals surface area (Å²) in [6, 6.07) is 7.44. The van der Waals surface area contributed by atoms with Gasteiger partial charge in [-0.1, -0.05) is 64.5 Å². The van der Waals surface area contributed by atoms with Crippen LogP contribution in [-0.4, -0.2) is 23.2 Å². The summed E-state index contributed by atoms with van der Waals surface area (Å²) in [5.41, 5.74) is 3.08. The Kier molecular flexibility index (Phi) is 10.7. The molecule has 3 rings (SSSR count). The second-order valence-electron chi connectivity index (χ2n) is 8.63. The zero-order valence-electron chi connectivity index (χ0n) is 21.3. The van der Waals surface area contributed by atoms with E-state index in [9.17, 15) is 0 Å². The molecule has 0 aliphatic carbocycles. The van der Waals surface area contributed by atoms with Crippen molar-refractivity contribution in [2.24, 2.45) is 0 Å². The molecule has 0 saturated heterocycles. The van der Waals surface area contributed by atoms with Crippen molar-refractivity contribution in [2.75, 3.05) is 13.2 Å². The van der Waals surface area contributed by atoms with E-state index in [0.29, 0.717) is 35.8 Å². The maximum Gasteiger partial charge on any atom is 0.206 e. The first kappa shape index (κ1) is 26.7.